The second-order valence-electron chi connectivity index (χ2n) is 8.30. The van der Waals surface area contributed by atoms with Crippen LogP contribution in [-0.4, -0.2) is 24.0 Å². The second-order valence-corrected chi connectivity index (χ2v) is 8.30. The van der Waals surface area contributed by atoms with Crippen molar-refractivity contribution in [2.75, 3.05) is 0 Å². The summed E-state index contributed by atoms with van der Waals surface area (Å²) in [6.07, 6.45) is 7.68. The Kier molecular flexibility index (Phi) is 5.51. The van der Waals surface area contributed by atoms with Gasteiger partial charge in [0.1, 0.15) is 11.9 Å². The highest BCUT2D eigenvalue weighted by Gasteiger charge is 2.36. The van der Waals surface area contributed by atoms with Gasteiger partial charge in [0, 0.05) is 0 Å². The molecule has 2 aliphatic rings. The van der Waals surface area contributed by atoms with Crippen LogP contribution in [0, 0.1) is 23.7 Å². The van der Waals surface area contributed by atoms with Crippen LogP contribution >= 0.6 is 0 Å². The second kappa shape index (κ2) is 7.01. The molecule has 1 unspecified atom stereocenters. The number of hydrogen-bond donors (Lipinski definition) is 1. The van der Waals surface area contributed by atoms with E-state index in [1.165, 1.54) is 19.3 Å². The normalized spacial score (nSPS) is 30.5. The van der Waals surface area contributed by atoms with Crippen LogP contribution in [0.1, 0.15) is 66.2 Å². The van der Waals surface area contributed by atoms with Crippen LogP contribution < -0.4 is 5.32 Å². The van der Waals surface area contributed by atoms with E-state index in [-0.39, 0.29) is 5.92 Å². The van der Waals surface area contributed by atoms with Crippen LogP contribution in [0.5, 0.6) is 0 Å². The average Bonchev–Trinajstić information content (AvgIpc) is 3.20. The highest BCUT2D eigenvalue weighted by Crippen LogP contribution is 2.44. The maximum absolute atomic E-state index is 11.9. The molecule has 0 aromatic heterocycles. The van der Waals surface area contributed by atoms with Gasteiger partial charge >= 0.3 is 6.09 Å². The van der Waals surface area contributed by atoms with Crippen molar-refractivity contribution in [1.29, 1.82) is 0 Å². The van der Waals surface area contributed by atoms with E-state index in [2.05, 4.69) is 12.2 Å². The van der Waals surface area contributed by atoms with Gasteiger partial charge in [-0.25, -0.2) is 4.79 Å². The molecule has 2 rings (SSSR count). The van der Waals surface area contributed by atoms with Crippen molar-refractivity contribution in [3.8, 4) is 0 Å². The molecule has 0 radical (unpaired) electrons. The van der Waals surface area contributed by atoms with Gasteiger partial charge in [-0.2, -0.15) is 0 Å². The number of nitrogens with one attached hydrogen (secondary N) is 1. The third kappa shape index (κ3) is 5.29. The summed E-state index contributed by atoms with van der Waals surface area (Å²) >= 11 is 0. The fourth-order valence-electron chi connectivity index (χ4n) is 3.59. The topological polar surface area (TPSA) is 55.4 Å². The Balaban J connectivity index is 1.89. The Morgan fingerprint density at radius 1 is 1.27 bits per heavy atom. The van der Waals surface area contributed by atoms with E-state index in [9.17, 15) is 9.59 Å². The lowest BCUT2D eigenvalue weighted by Crippen LogP contribution is -2.46. The Morgan fingerprint density at radius 2 is 1.95 bits per heavy atom. The lowest BCUT2D eigenvalue weighted by atomic mass is 9.71. The number of alkyl carbamates (subject to hydrolysis) is 1. The quantitative estimate of drug-likeness (QED) is 0.783. The van der Waals surface area contributed by atoms with Crippen LogP contribution in [0.4, 0.5) is 4.79 Å². The van der Waals surface area contributed by atoms with Crippen molar-refractivity contribution >= 4 is 12.4 Å². The number of rotatable bonds is 5. The Bertz CT molecular complexity index is 398. The van der Waals surface area contributed by atoms with E-state index in [1.54, 1.807) is 0 Å². The molecule has 0 heterocycles. The molecule has 0 aromatic carbocycles. The smallest absolute Gasteiger partial charge is 0.408 e. The fraction of sp³-hybridized carbons (Fsp3) is 0.889. The molecule has 1 N–H and O–H groups in total. The van der Waals surface area contributed by atoms with Gasteiger partial charge in [-0.1, -0.05) is 26.2 Å². The van der Waals surface area contributed by atoms with Gasteiger partial charge in [-0.3, -0.25) is 0 Å². The first-order valence-electron chi connectivity index (χ1n) is 8.73. The maximum atomic E-state index is 11.9. The van der Waals surface area contributed by atoms with Crippen LogP contribution in [0.3, 0.4) is 0 Å². The van der Waals surface area contributed by atoms with Gasteiger partial charge in [0.25, 0.3) is 0 Å². The summed E-state index contributed by atoms with van der Waals surface area (Å²) in [4.78, 5) is 23.4. The molecule has 4 nitrogen and oxygen atoms in total. The largest absolute Gasteiger partial charge is 0.444 e. The van der Waals surface area contributed by atoms with Crippen molar-refractivity contribution in [2.45, 2.75) is 77.9 Å². The van der Waals surface area contributed by atoms with Gasteiger partial charge in [-0.05, 0) is 63.7 Å². The van der Waals surface area contributed by atoms with E-state index in [1.807, 2.05) is 20.8 Å². The summed E-state index contributed by atoms with van der Waals surface area (Å²) in [5.41, 5.74) is -0.535. The molecule has 1 amide bonds. The summed E-state index contributed by atoms with van der Waals surface area (Å²) in [7, 11) is 0. The van der Waals surface area contributed by atoms with Gasteiger partial charge in [0.15, 0.2) is 0 Å². The molecule has 126 valence electrons. The molecule has 0 spiro atoms. The summed E-state index contributed by atoms with van der Waals surface area (Å²) in [6, 6.07) is -0.413. The van der Waals surface area contributed by atoms with E-state index in [0.717, 1.165) is 37.4 Å². The molecule has 0 aliphatic heterocycles. The minimum absolute atomic E-state index is 0.255. The van der Waals surface area contributed by atoms with Crippen LogP contribution in [-0.2, 0) is 9.53 Å². The summed E-state index contributed by atoms with van der Waals surface area (Å²) in [6.45, 7) is 7.82. The zero-order valence-corrected chi connectivity index (χ0v) is 14.4. The molecule has 0 bridgehead atoms. The number of hydrogen-bond acceptors (Lipinski definition) is 3. The average molecular weight is 309 g/mol. The first-order chi connectivity index (χ1) is 10.3. The van der Waals surface area contributed by atoms with Crippen LogP contribution in [0.2, 0.25) is 0 Å². The van der Waals surface area contributed by atoms with E-state index >= 15 is 0 Å². The molecule has 0 aromatic rings. The third-order valence-electron chi connectivity index (χ3n) is 5.07. The van der Waals surface area contributed by atoms with E-state index in [4.69, 9.17) is 4.74 Å². The summed E-state index contributed by atoms with van der Waals surface area (Å²) < 4.78 is 5.27. The first-order valence-corrected chi connectivity index (χ1v) is 8.73. The van der Waals surface area contributed by atoms with Gasteiger partial charge in [0.2, 0.25) is 0 Å². The van der Waals surface area contributed by atoms with Crippen molar-refractivity contribution in [2.24, 2.45) is 23.7 Å². The number of carbonyl (C=O) groups is 2. The number of aldehydes is 1. The molecular weight excluding hydrogens is 278 g/mol. The van der Waals surface area contributed by atoms with Crippen molar-refractivity contribution in [3.05, 3.63) is 0 Å². The summed E-state index contributed by atoms with van der Waals surface area (Å²) in [5, 5.41) is 2.77. The van der Waals surface area contributed by atoms with Gasteiger partial charge in [-0.15, -0.1) is 0 Å². The van der Waals surface area contributed by atoms with Crippen LogP contribution in [0.25, 0.3) is 0 Å². The lowest BCUT2D eigenvalue weighted by Gasteiger charge is -2.37. The Labute approximate surface area is 134 Å². The third-order valence-corrected chi connectivity index (χ3v) is 5.07. The minimum Gasteiger partial charge on any atom is -0.444 e. The molecule has 4 heteroatoms. The zero-order valence-electron chi connectivity index (χ0n) is 14.4. The highest BCUT2D eigenvalue weighted by atomic mass is 16.6. The van der Waals surface area contributed by atoms with Crippen molar-refractivity contribution in [1.82, 2.24) is 5.32 Å². The molecule has 2 aliphatic carbocycles. The summed E-state index contributed by atoms with van der Waals surface area (Å²) in [5.74, 6) is 2.62. The van der Waals surface area contributed by atoms with Crippen molar-refractivity contribution < 1.29 is 14.3 Å². The lowest BCUT2D eigenvalue weighted by molar-refractivity contribution is -0.111. The molecular formula is C18H31NO3. The van der Waals surface area contributed by atoms with Gasteiger partial charge in [0.05, 0.1) is 6.04 Å². The zero-order chi connectivity index (χ0) is 16.3. The SMILES string of the molecule is CC1CC[C@@H]([C@@H](C=O)NC(=O)OC(C)(C)C)C[C@@H]1CC1CC1. The number of carbonyl (C=O) groups excluding carboxylic acids is 2. The molecule has 4 atom stereocenters. The molecule has 2 fully saturated rings. The van der Waals surface area contributed by atoms with Crippen LogP contribution in [0.15, 0.2) is 0 Å². The first kappa shape index (κ1) is 17.3. The predicted octanol–water partition coefficient (Wildman–Crippen LogP) is 3.93. The molecule has 22 heavy (non-hydrogen) atoms. The Hall–Kier alpha value is -1.06. The fourth-order valence-corrected chi connectivity index (χ4v) is 3.59. The Morgan fingerprint density at radius 3 is 2.50 bits per heavy atom. The predicted molar refractivity (Wildman–Crippen MR) is 86.6 cm³/mol. The van der Waals surface area contributed by atoms with E-state index in [0.29, 0.717) is 5.92 Å². The van der Waals surface area contributed by atoms with E-state index < -0.39 is 17.7 Å². The maximum Gasteiger partial charge on any atom is 0.408 e. The number of ether oxygens (including phenoxy) is 1. The van der Waals surface area contributed by atoms with Crippen molar-refractivity contribution in [3.63, 3.8) is 0 Å². The molecule has 2 saturated carbocycles. The standard InChI is InChI=1S/C18H31NO3/c1-12-5-8-14(10-15(12)9-13-6-7-13)16(11-20)19-17(21)22-18(2,3)4/h11-16H,5-10H2,1-4H3,(H,19,21)/t12?,14-,15+,16-/m1/s1. The van der Waals surface area contributed by atoms with Gasteiger partial charge < -0.3 is 14.8 Å². The number of amides is 1. The highest BCUT2D eigenvalue weighted by molar-refractivity contribution is 5.73. The molecule has 0 saturated heterocycles. The minimum atomic E-state index is -0.535. The monoisotopic (exact) mass is 309 g/mol.